The lowest BCUT2D eigenvalue weighted by Gasteiger charge is -2.24. The van der Waals surface area contributed by atoms with E-state index in [1.54, 1.807) is 20.8 Å². The van der Waals surface area contributed by atoms with E-state index in [0.29, 0.717) is 6.61 Å². The molecule has 9 heteroatoms. The van der Waals surface area contributed by atoms with Gasteiger partial charge in [0.1, 0.15) is 5.56 Å². The fourth-order valence-electron chi connectivity index (χ4n) is 1.41. The van der Waals surface area contributed by atoms with Crippen LogP contribution >= 0.6 is 0 Å². The molecule has 1 aromatic rings. The van der Waals surface area contributed by atoms with E-state index in [-0.39, 0.29) is 6.54 Å². The topological polar surface area (TPSA) is 121 Å². The Morgan fingerprint density at radius 3 is 2.74 bits per heavy atom. The smallest absolute Gasteiger partial charge is 0.340 e. The molecular formula is C10H17N3O5S. The maximum Gasteiger partial charge on any atom is 0.340 e. The minimum atomic E-state index is -3.97. The second-order valence-corrected chi connectivity index (χ2v) is 6.14. The summed E-state index contributed by atoms with van der Waals surface area (Å²) in [6, 6.07) is 0. The molecule has 0 spiro atoms. The van der Waals surface area contributed by atoms with Gasteiger partial charge >= 0.3 is 5.97 Å². The van der Waals surface area contributed by atoms with Crippen molar-refractivity contribution < 1.29 is 23.1 Å². The predicted molar refractivity (Wildman–Crippen MR) is 66.4 cm³/mol. The lowest BCUT2D eigenvalue weighted by atomic mass is 10.1. The number of aromatic carboxylic acids is 1. The Bertz CT molecular complexity index is 549. The fraction of sp³-hybridized carbons (Fsp3) is 0.600. The van der Waals surface area contributed by atoms with Gasteiger partial charge in [-0.15, -0.1) is 0 Å². The number of ether oxygens (including phenoxy) is 1. The number of hydrogen-bond acceptors (Lipinski definition) is 5. The van der Waals surface area contributed by atoms with Crippen LogP contribution in [0.1, 0.15) is 31.1 Å². The maximum absolute atomic E-state index is 12.0. The number of carbonyl (C=O) groups is 1. The molecule has 1 heterocycles. The molecule has 8 nitrogen and oxygen atoms in total. The van der Waals surface area contributed by atoms with Gasteiger partial charge in [0, 0.05) is 13.2 Å². The SMILES string of the molecule is CCOC(C)(C)CNS(=O)(=O)c1[nH]ncc1C(=O)O. The molecule has 19 heavy (non-hydrogen) atoms. The number of aromatic amines is 1. The first-order valence-electron chi connectivity index (χ1n) is 5.60. The highest BCUT2D eigenvalue weighted by Crippen LogP contribution is 2.13. The van der Waals surface area contributed by atoms with Crippen LogP contribution in [-0.4, -0.2) is 48.4 Å². The number of rotatable bonds is 7. The van der Waals surface area contributed by atoms with Crippen molar-refractivity contribution in [3.63, 3.8) is 0 Å². The molecule has 0 aliphatic carbocycles. The molecule has 0 fully saturated rings. The molecular weight excluding hydrogens is 274 g/mol. The minimum absolute atomic E-state index is 0.0151. The van der Waals surface area contributed by atoms with Crippen molar-refractivity contribution in [3.8, 4) is 0 Å². The van der Waals surface area contributed by atoms with Crippen LogP contribution in [0.3, 0.4) is 0 Å². The number of hydrogen-bond donors (Lipinski definition) is 3. The van der Waals surface area contributed by atoms with Gasteiger partial charge in [-0.05, 0) is 20.8 Å². The number of nitrogens with one attached hydrogen (secondary N) is 2. The van der Waals surface area contributed by atoms with Gasteiger partial charge in [0.25, 0.3) is 10.0 Å². The third-order valence-electron chi connectivity index (χ3n) is 2.33. The second kappa shape index (κ2) is 5.68. The summed E-state index contributed by atoms with van der Waals surface area (Å²) in [6.45, 7) is 5.71. The lowest BCUT2D eigenvalue weighted by Crippen LogP contribution is -2.40. The molecule has 0 unspecified atom stereocenters. The summed E-state index contributed by atoms with van der Waals surface area (Å²) in [5, 5.41) is 14.0. The monoisotopic (exact) mass is 291 g/mol. The van der Waals surface area contributed by atoms with Crippen LogP contribution in [-0.2, 0) is 14.8 Å². The molecule has 0 aliphatic heterocycles. The molecule has 3 N–H and O–H groups in total. The van der Waals surface area contributed by atoms with E-state index in [4.69, 9.17) is 9.84 Å². The van der Waals surface area contributed by atoms with Crippen LogP contribution in [0.4, 0.5) is 0 Å². The Morgan fingerprint density at radius 2 is 2.21 bits per heavy atom. The predicted octanol–water partition coefficient (Wildman–Crippen LogP) is 0.201. The Hall–Kier alpha value is -1.45. The van der Waals surface area contributed by atoms with E-state index in [2.05, 4.69) is 14.9 Å². The van der Waals surface area contributed by atoms with Crippen molar-refractivity contribution in [2.24, 2.45) is 0 Å². The zero-order chi connectivity index (χ0) is 14.7. The molecule has 0 aliphatic rings. The Morgan fingerprint density at radius 1 is 1.58 bits per heavy atom. The van der Waals surface area contributed by atoms with Crippen LogP contribution in [0.5, 0.6) is 0 Å². The third kappa shape index (κ3) is 4.01. The minimum Gasteiger partial charge on any atom is -0.478 e. The molecule has 0 amide bonds. The van der Waals surface area contributed by atoms with Crippen molar-refractivity contribution >= 4 is 16.0 Å². The highest BCUT2D eigenvalue weighted by Gasteiger charge is 2.27. The van der Waals surface area contributed by atoms with Gasteiger partial charge in [-0.3, -0.25) is 5.10 Å². The average molecular weight is 291 g/mol. The highest BCUT2D eigenvalue weighted by atomic mass is 32.2. The van der Waals surface area contributed by atoms with Crippen LogP contribution in [0, 0.1) is 0 Å². The third-order valence-corrected chi connectivity index (χ3v) is 3.70. The van der Waals surface area contributed by atoms with Crippen molar-refractivity contribution in [1.82, 2.24) is 14.9 Å². The van der Waals surface area contributed by atoms with Gasteiger partial charge in [-0.2, -0.15) is 5.10 Å². The summed E-state index contributed by atoms with van der Waals surface area (Å²) < 4.78 is 31.6. The summed E-state index contributed by atoms with van der Waals surface area (Å²) in [7, 11) is -3.97. The maximum atomic E-state index is 12.0. The average Bonchev–Trinajstić information content (AvgIpc) is 2.76. The number of nitrogens with zero attached hydrogens (tertiary/aromatic N) is 1. The summed E-state index contributed by atoms with van der Waals surface area (Å²) >= 11 is 0. The Balaban J connectivity index is 2.88. The Labute approximate surface area is 111 Å². The van der Waals surface area contributed by atoms with Crippen molar-refractivity contribution in [1.29, 1.82) is 0 Å². The quantitative estimate of drug-likeness (QED) is 0.660. The van der Waals surface area contributed by atoms with Crippen molar-refractivity contribution in [3.05, 3.63) is 11.8 Å². The van der Waals surface area contributed by atoms with Gasteiger partial charge in [0.2, 0.25) is 0 Å². The van der Waals surface area contributed by atoms with Crippen LogP contribution in [0.2, 0.25) is 0 Å². The fourth-order valence-corrected chi connectivity index (χ4v) is 2.70. The van der Waals surface area contributed by atoms with Crippen molar-refractivity contribution in [2.45, 2.75) is 31.4 Å². The molecule has 1 rings (SSSR count). The normalized spacial score (nSPS) is 12.6. The molecule has 1 aromatic heterocycles. The first kappa shape index (κ1) is 15.6. The van der Waals surface area contributed by atoms with Crippen LogP contribution < -0.4 is 4.72 Å². The molecule has 0 aromatic carbocycles. The molecule has 0 bridgehead atoms. The van der Waals surface area contributed by atoms with E-state index in [0.717, 1.165) is 6.20 Å². The van der Waals surface area contributed by atoms with Crippen LogP contribution in [0.15, 0.2) is 11.2 Å². The summed E-state index contributed by atoms with van der Waals surface area (Å²) in [5.74, 6) is -1.36. The highest BCUT2D eigenvalue weighted by molar-refractivity contribution is 7.89. The summed E-state index contributed by atoms with van der Waals surface area (Å²) in [6.07, 6.45) is 0.949. The first-order valence-corrected chi connectivity index (χ1v) is 7.08. The van der Waals surface area contributed by atoms with E-state index in [1.165, 1.54) is 0 Å². The number of carboxylic acids is 1. The van der Waals surface area contributed by atoms with Crippen molar-refractivity contribution in [2.75, 3.05) is 13.2 Å². The van der Waals surface area contributed by atoms with E-state index < -0.39 is 32.2 Å². The molecule has 0 saturated heterocycles. The zero-order valence-electron chi connectivity index (χ0n) is 10.9. The van der Waals surface area contributed by atoms with E-state index >= 15 is 0 Å². The Kier molecular flexibility index (Phi) is 4.66. The zero-order valence-corrected chi connectivity index (χ0v) is 11.7. The standard InChI is InChI=1S/C10H17N3O5S/c1-4-18-10(2,3)6-12-19(16,17)8-7(9(14)15)5-11-13-8/h5,12H,4,6H2,1-3H3,(H,11,13)(H,14,15). The molecule has 0 radical (unpaired) electrons. The number of aromatic nitrogens is 2. The second-order valence-electron chi connectivity index (χ2n) is 4.44. The number of H-pyrrole nitrogens is 1. The summed E-state index contributed by atoms with van der Waals surface area (Å²) in [4.78, 5) is 10.9. The lowest BCUT2D eigenvalue weighted by molar-refractivity contribution is -0.00515. The van der Waals surface area contributed by atoms with E-state index in [9.17, 15) is 13.2 Å². The largest absolute Gasteiger partial charge is 0.478 e. The van der Waals surface area contributed by atoms with Gasteiger partial charge in [0.05, 0.1) is 11.8 Å². The van der Waals surface area contributed by atoms with Gasteiger partial charge in [-0.1, -0.05) is 0 Å². The molecule has 108 valence electrons. The van der Waals surface area contributed by atoms with Crippen LogP contribution in [0.25, 0.3) is 0 Å². The van der Waals surface area contributed by atoms with E-state index in [1.807, 2.05) is 0 Å². The number of carboxylic acid groups (broad SMARTS) is 1. The van der Waals surface area contributed by atoms with Gasteiger partial charge in [0.15, 0.2) is 5.03 Å². The number of sulfonamides is 1. The molecule has 0 saturated carbocycles. The molecule has 0 atom stereocenters. The first-order chi connectivity index (χ1) is 8.69. The van der Waals surface area contributed by atoms with Gasteiger partial charge < -0.3 is 9.84 Å². The van der Waals surface area contributed by atoms with Gasteiger partial charge in [-0.25, -0.2) is 17.9 Å². The summed E-state index contributed by atoms with van der Waals surface area (Å²) in [5.41, 5.74) is -1.09.